The Bertz CT molecular complexity index is 411. The molecule has 0 aromatic heterocycles. The first kappa shape index (κ1) is 11.3. The number of fused-ring (bicyclic) bond motifs is 5. The van der Waals surface area contributed by atoms with Gasteiger partial charge in [0, 0.05) is 0 Å². The Labute approximate surface area is 98.0 Å². The van der Waals surface area contributed by atoms with Crippen molar-refractivity contribution in [3.63, 3.8) is 0 Å². The summed E-state index contributed by atoms with van der Waals surface area (Å²) in [4.78, 5) is 0. The normalized spacial score (nSPS) is 34.6. The van der Waals surface area contributed by atoms with Crippen molar-refractivity contribution < 1.29 is 0 Å². The van der Waals surface area contributed by atoms with Crippen molar-refractivity contribution in [2.45, 2.75) is 51.4 Å². The minimum absolute atomic E-state index is 0. The molecule has 1 saturated carbocycles. The minimum Gasteiger partial charge on any atom is -0.397 e. The molecule has 0 spiro atoms. The van der Waals surface area contributed by atoms with Crippen LogP contribution in [0.1, 0.15) is 51.7 Å². The highest BCUT2D eigenvalue weighted by Gasteiger charge is 2.52. The summed E-state index contributed by atoms with van der Waals surface area (Å²) in [7, 11) is 0. The number of benzene rings is 1. The van der Waals surface area contributed by atoms with Crippen LogP contribution in [0.5, 0.6) is 0 Å². The van der Waals surface area contributed by atoms with Gasteiger partial charge in [-0.05, 0) is 53.4 Å². The van der Waals surface area contributed by atoms with E-state index in [0.717, 1.165) is 11.4 Å². The fraction of sp³-hybridized carbons (Fsp3) is 0.571. The van der Waals surface area contributed by atoms with Crippen molar-refractivity contribution >= 4 is 11.4 Å². The molecule has 88 valence electrons. The van der Waals surface area contributed by atoms with E-state index in [2.05, 4.69) is 26.0 Å². The van der Waals surface area contributed by atoms with Crippen LogP contribution in [0, 0.1) is 0 Å². The molecule has 0 amide bonds. The van der Waals surface area contributed by atoms with Crippen LogP contribution >= 0.6 is 0 Å². The number of nitrogens with two attached hydrogens (primary N) is 2. The molecule has 2 atom stereocenters. The van der Waals surface area contributed by atoms with Crippen LogP contribution in [0.15, 0.2) is 12.1 Å². The average molecular weight is 218 g/mol. The third kappa shape index (κ3) is 1.13. The maximum Gasteiger partial charge on any atom is 0.0550 e. The van der Waals surface area contributed by atoms with Crippen LogP contribution in [-0.4, -0.2) is 0 Å². The summed E-state index contributed by atoms with van der Waals surface area (Å²) in [6, 6.07) is 4.21. The van der Waals surface area contributed by atoms with Gasteiger partial charge in [0.15, 0.2) is 0 Å². The Morgan fingerprint density at radius 2 is 1.31 bits per heavy atom. The van der Waals surface area contributed by atoms with Crippen LogP contribution in [-0.2, 0) is 10.8 Å². The molecule has 4 N–H and O–H groups in total. The van der Waals surface area contributed by atoms with Crippen LogP contribution in [0.4, 0.5) is 11.4 Å². The monoisotopic (exact) mass is 218 g/mol. The molecule has 2 heteroatoms. The molecule has 0 aliphatic heterocycles. The first-order valence-corrected chi connectivity index (χ1v) is 5.65. The topological polar surface area (TPSA) is 52.0 Å². The molecule has 0 radical (unpaired) electrons. The lowest BCUT2D eigenvalue weighted by molar-refractivity contribution is 0.484. The molecule has 1 aromatic rings. The van der Waals surface area contributed by atoms with Gasteiger partial charge < -0.3 is 11.5 Å². The molecule has 0 heterocycles. The van der Waals surface area contributed by atoms with E-state index in [-0.39, 0.29) is 7.43 Å². The summed E-state index contributed by atoms with van der Waals surface area (Å²) >= 11 is 0. The van der Waals surface area contributed by atoms with Crippen molar-refractivity contribution in [1.29, 1.82) is 0 Å². The molecular formula is C14H22N2. The van der Waals surface area contributed by atoms with Gasteiger partial charge in [0.05, 0.1) is 11.4 Å². The number of hydrogen-bond acceptors (Lipinski definition) is 2. The fourth-order valence-electron chi connectivity index (χ4n) is 3.68. The second kappa shape index (κ2) is 2.93. The predicted octanol–water partition coefficient (Wildman–Crippen LogP) is 3.20. The lowest BCUT2D eigenvalue weighted by atomic mass is 9.78. The van der Waals surface area contributed by atoms with Gasteiger partial charge in [0.1, 0.15) is 0 Å². The molecule has 1 aromatic carbocycles. The van der Waals surface area contributed by atoms with E-state index in [1.165, 1.54) is 30.4 Å². The molecule has 2 bridgehead atoms. The molecule has 1 fully saturated rings. The molecular weight excluding hydrogens is 196 g/mol. The zero-order chi connectivity index (χ0) is 10.8. The molecule has 2 unspecified atom stereocenters. The van der Waals surface area contributed by atoms with E-state index in [1.54, 1.807) is 0 Å². The van der Waals surface area contributed by atoms with Crippen LogP contribution in [0.3, 0.4) is 0 Å². The summed E-state index contributed by atoms with van der Waals surface area (Å²) in [6.07, 6.45) is 3.85. The number of rotatable bonds is 0. The highest BCUT2D eigenvalue weighted by molar-refractivity contribution is 5.69. The Morgan fingerprint density at radius 3 is 1.69 bits per heavy atom. The largest absolute Gasteiger partial charge is 0.397 e. The Balaban J connectivity index is 0.000000963. The second-order valence-electron chi connectivity index (χ2n) is 5.82. The summed E-state index contributed by atoms with van der Waals surface area (Å²) in [6.45, 7) is 4.72. The molecule has 3 rings (SSSR count). The van der Waals surface area contributed by atoms with Crippen molar-refractivity contribution in [3.05, 3.63) is 23.3 Å². The third-order valence-electron chi connectivity index (χ3n) is 4.53. The molecule has 0 saturated heterocycles. The summed E-state index contributed by atoms with van der Waals surface area (Å²) < 4.78 is 0. The van der Waals surface area contributed by atoms with Gasteiger partial charge in [-0.15, -0.1) is 0 Å². The highest BCUT2D eigenvalue weighted by Crippen LogP contribution is 2.61. The lowest BCUT2D eigenvalue weighted by Gasteiger charge is -2.27. The zero-order valence-electron chi connectivity index (χ0n) is 9.43. The van der Waals surface area contributed by atoms with Crippen LogP contribution in [0.2, 0.25) is 0 Å². The Morgan fingerprint density at radius 1 is 0.938 bits per heavy atom. The second-order valence-corrected chi connectivity index (χ2v) is 5.82. The van der Waals surface area contributed by atoms with E-state index >= 15 is 0 Å². The molecule has 2 aliphatic rings. The standard InChI is InChI=1S/C13H18N2.CH4/c1-12-3-4-13(2,7-12)9-6-11(15)10(14)5-8(9)12;/h5-6H,3-4,7,14-15H2,1-2H3;1H4. The summed E-state index contributed by atoms with van der Waals surface area (Å²) in [5.41, 5.74) is 16.9. The average Bonchev–Trinajstić information content (AvgIpc) is 2.57. The Hall–Kier alpha value is -1.18. The third-order valence-corrected chi connectivity index (χ3v) is 4.53. The van der Waals surface area contributed by atoms with Gasteiger partial charge in [-0.25, -0.2) is 0 Å². The van der Waals surface area contributed by atoms with E-state index in [4.69, 9.17) is 11.5 Å². The number of hydrogen-bond donors (Lipinski definition) is 2. The van der Waals surface area contributed by atoms with E-state index in [1.807, 2.05) is 0 Å². The van der Waals surface area contributed by atoms with Crippen molar-refractivity contribution in [3.8, 4) is 0 Å². The van der Waals surface area contributed by atoms with Gasteiger partial charge in [-0.3, -0.25) is 0 Å². The summed E-state index contributed by atoms with van der Waals surface area (Å²) in [5.74, 6) is 0. The van der Waals surface area contributed by atoms with Gasteiger partial charge in [0.2, 0.25) is 0 Å². The zero-order valence-corrected chi connectivity index (χ0v) is 9.43. The van der Waals surface area contributed by atoms with E-state index in [9.17, 15) is 0 Å². The van der Waals surface area contributed by atoms with Crippen molar-refractivity contribution in [2.75, 3.05) is 11.5 Å². The molecule has 2 aliphatic carbocycles. The molecule has 2 nitrogen and oxygen atoms in total. The SMILES string of the molecule is C.CC12CCC(C)(C1)c1cc(N)c(N)cc12. The quantitative estimate of drug-likeness (QED) is 0.657. The summed E-state index contributed by atoms with van der Waals surface area (Å²) in [5, 5.41) is 0. The lowest BCUT2D eigenvalue weighted by Crippen LogP contribution is -2.18. The smallest absolute Gasteiger partial charge is 0.0550 e. The van der Waals surface area contributed by atoms with Crippen LogP contribution in [0.25, 0.3) is 0 Å². The fourth-order valence-corrected chi connectivity index (χ4v) is 3.68. The van der Waals surface area contributed by atoms with Gasteiger partial charge >= 0.3 is 0 Å². The predicted molar refractivity (Wildman–Crippen MR) is 70.6 cm³/mol. The first-order chi connectivity index (χ1) is 6.95. The number of nitrogen functional groups attached to an aromatic ring is 2. The van der Waals surface area contributed by atoms with Gasteiger partial charge in [-0.1, -0.05) is 21.3 Å². The van der Waals surface area contributed by atoms with Crippen molar-refractivity contribution in [2.24, 2.45) is 0 Å². The Kier molecular flexibility index (Phi) is 2.07. The maximum absolute atomic E-state index is 5.90. The van der Waals surface area contributed by atoms with E-state index in [0.29, 0.717) is 10.8 Å². The maximum atomic E-state index is 5.90. The first-order valence-electron chi connectivity index (χ1n) is 5.65. The highest BCUT2D eigenvalue weighted by atomic mass is 14.7. The van der Waals surface area contributed by atoms with E-state index < -0.39 is 0 Å². The minimum atomic E-state index is 0. The van der Waals surface area contributed by atoms with Gasteiger partial charge in [0.25, 0.3) is 0 Å². The molecule has 16 heavy (non-hydrogen) atoms. The van der Waals surface area contributed by atoms with Crippen molar-refractivity contribution in [1.82, 2.24) is 0 Å². The van der Waals surface area contributed by atoms with Gasteiger partial charge in [-0.2, -0.15) is 0 Å². The van der Waals surface area contributed by atoms with Crippen LogP contribution < -0.4 is 11.5 Å². The number of anilines is 2.